The molecule has 0 bridgehead atoms. The van der Waals surface area contributed by atoms with Crippen LogP contribution in [0.2, 0.25) is 0 Å². The van der Waals surface area contributed by atoms with Gasteiger partial charge >= 0.3 is 0 Å². The summed E-state index contributed by atoms with van der Waals surface area (Å²) in [6, 6.07) is 0. The van der Waals surface area contributed by atoms with Crippen molar-refractivity contribution in [3.05, 3.63) is 0 Å². The van der Waals surface area contributed by atoms with Gasteiger partial charge in [0.25, 0.3) is 0 Å². The molecule has 0 radical (unpaired) electrons. The maximum absolute atomic E-state index is 3.28. The Labute approximate surface area is 74.9 Å². The van der Waals surface area contributed by atoms with Gasteiger partial charge in [0.15, 0.2) is 0 Å². The van der Waals surface area contributed by atoms with Gasteiger partial charge in [-0.2, -0.15) is 0 Å². The van der Waals surface area contributed by atoms with Crippen LogP contribution in [0.15, 0.2) is 0 Å². The first-order valence-corrected chi connectivity index (χ1v) is 2.71. The van der Waals surface area contributed by atoms with E-state index in [1.54, 1.807) is 0 Å². The second-order valence-electron chi connectivity index (χ2n) is 1.81. The molecule has 1 nitrogen and oxygen atoms in total. The molecule has 1 aliphatic heterocycles. The molecular formula is C5H11ArN. The maximum atomic E-state index is 3.28. The molecule has 0 saturated carbocycles. The van der Waals surface area contributed by atoms with E-state index < -0.39 is 0 Å². The molecule has 0 amide bonds. The molecule has 1 saturated heterocycles. The predicted molar refractivity (Wildman–Crippen MR) is 26.7 cm³/mol. The number of piperidine rings is 1. The molecule has 7 heavy (non-hydrogen) atoms. The van der Waals surface area contributed by atoms with Crippen LogP contribution in [0.3, 0.4) is 0 Å². The smallest absolute Gasteiger partial charge is 0 e. The monoisotopic (exact) mass is 125 g/mol. The predicted octanol–water partition coefficient (Wildman–Crippen LogP) is 0.760. The minimum Gasteiger partial charge on any atom is -0.317 e. The Morgan fingerprint density at radius 3 is 1.57 bits per heavy atom. The van der Waals surface area contributed by atoms with Gasteiger partial charge in [-0.25, -0.2) is 0 Å². The van der Waals surface area contributed by atoms with Crippen molar-refractivity contribution >= 4 is 0 Å². The molecule has 0 spiro atoms. The van der Waals surface area contributed by atoms with Crippen molar-refractivity contribution in [1.29, 1.82) is 0 Å². The summed E-state index contributed by atoms with van der Waals surface area (Å²) in [4.78, 5) is 0. The van der Waals surface area contributed by atoms with Gasteiger partial charge in [-0.15, -0.1) is 0 Å². The SMILES string of the molecule is C1CCNCC1.[Ar]. The first-order valence-electron chi connectivity index (χ1n) is 2.71. The van der Waals surface area contributed by atoms with Crippen LogP contribution in [-0.2, 0) is 0 Å². The molecule has 44 valence electrons. The van der Waals surface area contributed by atoms with Crippen LogP contribution in [-0.4, -0.2) is 13.1 Å². The van der Waals surface area contributed by atoms with E-state index in [1.807, 2.05) is 0 Å². The van der Waals surface area contributed by atoms with Gasteiger partial charge in [0.2, 0.25) is 0 Å². The third-order valence-electron chi connectivity index (χ3n) is 1.21. The molecule has 1 fully saturated rings. The van der Waals surface area contributed by atoms with Gasteiger partial charge in [-0.3, -0.25) is 0 Å². The minimum absolute atomic E-state index is 0. The van der Waals surface area contributed by atoms with Crippen LogP contribution in [0.25, 0.3) is 0 Å². The van der Waals surface area contributed by atoms with Crippen molar-refractivity contribution < 1.29 is 37.7 Å². The summed E-state index contributed by atoms with van der Waals surface area (Å²) in [5, 5.41) is 3.28. The molecule has 0 aromatic rings. The number of nitrogens with one attached hydrogen (secondary N) is 1. The van der Waals surface area contributed by atoms with E-state index in [0.29, 0.717) is 0 Å². The van der Waals surface area contributed by atoms with E-state index in [0.717, 1.165) is 0 Å². The van der Waals surface area contributed by atoms with Crippen LogP contribution in [0.5, 0.6) is 0 Å². The molecule has 0 aliphatic carbocycles. The number of hydrogen-bond acceptors (Lipinski definition) is 1. The van der Waals surface area contributed by atoms with Crippen molar-refractivity contribution in [2.75, 3.05) is 13.1 Å². The zero-order valence-electron chi connectivity index (χ0n) is 4.39. The second-order valence-corrected chi connectivity index (χ2v) is 1.81. The van der Waals surface area contributed by atoms with Gasteiger partial charge in [-0.05, 0) is 25.9 Å². The average Bonchev–Trinajstić information content (AvgIpc) is 1.72. The molecule has 0 aromatic carbocycles. The Bertz CT molecular complexity index is 23.6. The molecule has 0 aromatic heterocycles. The van der Waals surface area contributed by atoms with Gasteiger partial charge < -0.3 is 5.32 Å². The Hall–Kier alpha value is 1.22. The fourth-order valence-corrected chi connectivity index (χ4v) is 0.802. The number of hydrogen-bond donors (Lipinski definition) is 1. The first kappa shape index (κ1) is 8.22. The van der Waals surface area contributed by atoms with E-state index >= 15 is 0 Å². The largest absolute Gasteiger partial charge is 0.317 e. The first-order chi connectivity index (χ1) is 3.00. The minimum atomic E-state index is 0. The van der Waals surface area contributed by atoms with Crippen molar-refractivity contribution in [3.63, 3.8) is 0 Å². The molecular weight excluding hydrogens is 114 g/mol. The normalized spacial score (nSPS) is 20.6. The summed E-state index contributed by atoms with van der Waals surface area (Å²) in [5.41, 5.74) is 0. The summed E-state index contributed by atoms with van der Waals surface area (Å²) in [6.07, 6.45) is 4.22. The molecule has 1 N–H and O–H groups in total. The van der Waals surface area contributed by atoms with Crippen LogP contribution in [0.4, 0.5) is 0 Å². The molecule has 1 heterocycles. The summed E-state index contributed by atoms with van der Waals surface area (Å²) >= 11 is 0. The summed E-state index contributed by atoms with van der Waals surface area (Å²) in [6.45, 7) is 2.50. The fraction of sp³-hybridized carbons (Fsp3) is 1.00. The van der Waals surface area contributed by atoms with Crippen molar-refractivity contribution in [3.8, 4) is 0 Å². The fourth-order valence-electron chi connectivity index (χ4n) is 0.802. The molecule has 1 rings (SSSR count). The molecule has 0 unspecified atom stereocenters. The zero-order chi connectivity index (χ0) is 4.24. The molecule has 1 aliphatic rings. The van der Waals surface area contributed by atoms with Crippen molar-refractivity contribution in [2.45, 2.75) is 19.3 Å². The van der Waals surface area contributed by atoms with E-state index in [2.05, 4.69) is 5.32 Å². The van der Waals surface area contributed by atoms with Crippen LogP contribution >= 0.6 is 0 Å². The standard InChI is InChI=1S/C5H11N.Ar/c1-2-4-6-5-3-1;/h6H,1-5H2;. The topological polar surface area (TPSA) is 12.0 Å². The van der Waals surface area contributed by atoms with Gasteiger partial charge in [0, 0.05) is 37.7 Å². The Kier molecular flexibility index (Phi) is 6.29. The van der Waals surface area contributed by atoms with Crippen LogP contribution in [0.1, 0.15) is 19.3 Å². The maximum Gasteiger partial charge on any atom is 0 e. The van der Waals surface area contributed by atoms with E-state index in [9.17, 15) is 0 Å². The summed E-state index contributed by atoms with van der Waals surface area (Å²) < 4.78 is 0. The quantitative estimate of drug-likeness (QED) is 0.504. The third-order valence-corrected chi connectivity index (χ3v) is 1.21. The number of rotatable bonds is 0. The Morgan fingerprint density at radius 2 is 1.43 bits per heavy atom. The average molecular weight is 125 g/mol. The van der Waals surface area contributed by atoms with Gasteiger partial charge in [0.1, 0.15) is 0 Å². The van der Waals surface area contributed by atoms with E-state index in [-0.39, 0.29) is 37.7 Å². The summed E-state index contributed by atoms with van der Waals surface area (Å²) in [7, 11) is 0. The van der Waals surface area contributed by atoms with E-state index in [4.69, 9.17) is 0 Å². The van der Waals surface area contributed by atoms with Crippen molar-refractivity contribution in [1.82, 2.24) is 5.32 Å². The third kappa shape index (κ3) is 3.77. The van der Waals surface area contributed by atoms with Gasteiger partial charge in [0.05, 0.1) is 0 Å². The zero-order valence-corrected chi connectivity index (χ0v) is 5.10. The van der Waals surface area contributed by atoms with Gasteiger partial charge in [-0.1, -0.05) is 6.42 Å². The van der Waals surface area contributed by atoms with Crippen LogP contribution < -0.4 is 5.32 Å². The molecule has 0 atom stereocenters. The summed E-state index contributed by atoms with van der Waals surface area (Å²) in [5.74, 6) is 0. The molecule has 2 heteroatoms. The Morgan fingerprint density at radius 1 is 0.857 bits per heavy atom. The van der Waals surface area contributed by atoms with E-state index in [1.165, 1.54) is 32.4 Å². The second kappa shape index (κ2) is 5.36. The Balaban J connectivity index is 0.000000360. The van der Waals surface area contributed by atoms with Crippen molar-refractivity contribution in [2.24, 2.45) is 0 Å². The van der Waals surface area contributed by atoms with Crippen LogP contribution in [0, 0.1) is 37.7 Å².